The largest absolute Gasteiger partial charge is 0.481 e. The van der Waals surface area contributed by atoms with E-state index in [0.717, 1.165) is 12.1 Å². The summed E-state index contributed by atoms with van der Waals surface area (Å²) in [6.45, 7) is -1.85. The molecule has 0 aliphatic rings. The minimum Gasteiger partial charge on any atom is -0.481 e. The van der Waals surface area contributed by atoms with Crippen LogP contribution in [-0.2, 0) is 11.2 Å². The van der Waals surface area contributed by atoms with Crippen molar-refractivity contribution in [2.24, 2.45) is 0 Å². The van der Waals surface area contributed by atoms with Gasteiger partial charge in [0.05, 0.1) is 5.69 Å². The van der Waals surface area contributed by atoms with Crippen LogP contribution in [0.5, 0.6) is 0 Å². The molecule has 0 saturated heterocycles. The van der Waals surface area contributed by atoms with Crippen LogP contribution in [0.2, 0.25) is 0 Å². The first-order valence-corrected chi connectivity index (χ1v) is 6.28. The molecule has 0 radical (unpaired) electrons. The summed E-state index contributed by atoms with van der Waals surface area (Å²) in [7, 11) is 0. The van der Waals surface area contributed by atoms with Gasteiger partial charge in [0.2, 0.25) is 0 Å². The Hall–Kier alpha value is -2.58. The van der Waals surface area contributed by atoms with Gasteiger partial charge < -0.3 is 5.11 Å². The first-order valence-electron chi connectivity index (χ1n) is 6.28. The third kappa shape index (κ3) is 3.02. The number of carboxylic acid groups (broad SMARTS) is 1. The Kier molecular flexibility index (Phi) is 4.34. The lowest BCUT2D eigenvalue weighted by Crippen LogP contribution is -2.25. The number of nitrogens with zero attached hydrogens (tertiary/aromatic N) is 3. The van der Waals surface area contributed by atoms with Crippen molar-refractivity contribution in [2.45, 2.75) is 26.3 Å². The molecule has 1 heterocycles. The van der Waals surface area contributed by atoms with Crippen LogP contribution in [0.4, 0.5) is 13.2 Å². The molecule has 0 amide bonds. The van der Waals surface area contributed by atoms with Crippen LogP contribution >= 0.6 is 0 Å². The molecule has 0 unspecified atom stereocenters. The third-order valence-corrected chi connectivity index (χ3v) is 3.06. The number of alkyl halides is 2. The van der Waals surface area contributed by atoms with Crippen LogP contribution in [0.25, 0.3) is 5.69 Å². The van der Waals surface area contributed by atoms with Crippen molar-refractivity contribution in [1.82, 2.24) is 14.3 Å². The fourth-order valence-electron chi connectivity index (χ4n) is 2.04. The Balaban J connectivity index is 2.57. The van der Waals surface area contributed by atoms with Gasteiger partial charge in [-0.1, -0.05) is 6.07 Å². The molecule has 22 heavy (non-hydrogen) atoms. The molecule has 0 aliphatic carbocycles. The van der Waals surface area contributed by atoms with Gasteiger partial charge in [-0.2, -0.15) is 18.6 Å². The number of aromatic nitrogens is 3. The van der Waals surface area contributed by atoms with E-state index in [1.165, 1.54) is 13.0 Å². The summed E-state index contributed by atoms with van der Waals surface area (Å²) in [5.74, 6) is -1.99. The number of rotatable bonds is 5. The molecule has 0 fully saturated rings. The normalized spacial score (nSPS) is 11.1. The molecule has 118 valence electrons. The summed E-state index contributed by atoms with van der Waals surface area (Å²) in [5, 5.41) is 12.4. The van der Waals surface area contributed by atoms with Crippen molar-refractivity contribution < 1.29 is 23.1 Å². The van der Waals surface area contributed by atoms with Crippen molar-refractivity contribution in [3.05, 3.63) is 45.9 Å². The zero-order chi connectivity index (χ0) is 16.4. The van der Waals surface area contributed by atoms with E-state index in [0.29, 0.717) is 10.2 Å². The van der Waals surface area contributed by atoms with Crippen LogP contribution in [0, 0.1) is 12.7 Å². The zero-order valence-corrected chi connectivity index (χ0v) is 11.5. The molecule has 0 bridgehead atoms. The third-order valence-electron chi connectivity index (χ3n) is 3.06. The highest BCUT2D eigenvalue weighted by molar-refractivity contribution is 5.67. The van der Waals surface area contributed by atoms with E-state index < -0.39 is 24.0 Å². The number of carboxylic acids is 1. The number of halogens is 3. The molecule has 1 aromatic carbocycles. The Bertz CT molecular complexity index is 768. The minimum absolute atomic E-state index is 0.0119. The summed E-state index contributed by atoms with van der Waals surface area (Å²) < 4.78 is 39.9. The molecule has 1 N–H and O–H groups in total. The standard InChI is InChI=1S/C13H12F3N3O3/c1-7-17-19(13(22)18(7)12(15)16)10-6-9(14)4-2-8(10)3-5-11(20)21/h2,4,6,12H,3,5H2,1H3,(H,20,21). The van der Waals surface area contributed by atoms with Gasteiger partial charge in [0, 0.05) is 12.5 Å². The predicted octanol–water partition coefficient (Wildman–Crippen LogP) is 1.89. The highest BCUT2D eigenvalue weighted by atomic mass is 19.3. The first kappa shape index (κ1) is 15.8. The van der Waals surface area contributed by atoms with Crippen LogP contribution in [0.1, 0.15) is 24.4 Å². The van der Waals surface area contributed by atoms with Gasteiger partial charge >= 0.3 is 18.2 Å². The Morgan fingerprint density at radius 3 is 2.64 bits per heavy atom. The lowest BCUT2D eigenvalue weighted by atomic mass is 10.1. The maximum atomic E-state index is 13.4. The van der Waals surface area contributed by atoms with E-state index in [2.05, 4.69) is 5.10 Å². The molecular formula is C13H12F3N3O3. The van der Waals surface area contributed by atoms with Crippen molar-refractivity contribution in [1.29, 1.82) is 0 Å². The van der Waals surface area contributed by atoms with Crippen molar-refractivity contribution in [3.63, 3.8) is 0 Å². The lowest BCUT2D eigenvalue weighted by Gasteiger charge is -2.07. The summed E-state index contributed by atoms with van der Waals surface area (Å²) >= 11 is 0. The smallest absolute Gasteiger partial charge is 0.355 e. The topological polar surface area (TPSA) is 77.1 Å². The highest BCUT2D eigenvalue weighted by Gasteiger charge is 2.20. The SMILES string of the molecule is Cc1nn(-c2cc(F)ccc2CCC(=O)O)c(=O)n1C(F)F. The van der Waals surface area contributed by atoms with E-state index in [1.54, 1.807) is 0 Å². The lowest BCUT2D eigenvalue weighted by molar-refractivity contribution is -0.136. The van der Waals surface area contributed by atoms with E-state index in [-0.39, 0.29) is 28.9 Å². The number of aliphatic carboxylic acids is 1. The maximum Gasteiger partial charge on any atom is 0.355 e. The van der Waals surface area contributed by atoms with Gasteiger partial charge in [0.15, 0.2) is 0 Å². The van der Waals surface area contributed by atoms with E-state index in [1.807, 2.05) is 0 Å². The summed E-state index contributed by atoms with van der Waals surface area (Å²) in [4.78, 5) is 22.6. The second-order valence-electron chi connectivity index (χ2n) is 4.56. The molecule has 2 rings (SSSR count). The molecule has 0 aliphatic heterocycles. The monoisotopic (exact) mass is 315 g/mol. The Labute approximate surface area is 122 Å². The quantitative estimate of drug-likeness (QED) is 0.914. The van der Waals surface area contributed by atoms with Gasteiger partial charge in [0.25, 0.3) is 0 Å². The van der Waals surface area contributed by atoms with Gasteiger partial charge in [-0.25, -0.2) is 13.8 Å². The maximum absolute atomic E-state index is 13.4. The minimum atomic E-state index is -3.07. The fourth-order valence-corrected chi connectivity index (χ4v) is 2.04. The van der Waals surface area contributed by atoms with Gasteiger partial charge in [-0.3, -0.25) is 4.79 Å². The summed E-state index contributed by atoms with van der Waals surface area (Å²) in [6, 6.07) is 3.36. The summed E-state index contributed by atoms with van der Waals surface area (Å²) in [5.41, 5.74) is -0.840. The first-order chi connectivity index (χ1) is 10.3. The van der Waals surface area contributed by atoms with Crippen LogP contribution in [0.15, 0.2) is 23.0 Å². The Morgan fingerprint density at radius 2 is 2.09 bits per heavy atom. The van der Waals surface area contributed by atoms with E-state index in [4.69, 9.17) is 5.11 Å². The van der Waals surface area contributed by atoms with Gasteiger partial charge in [0.1, 0.15) is 11.6 Å². The molecule has 2 aromatic rings. The number of hydrogen-bond donors (Lipinski definition) is 1. The average Bonchev–Trinajstić information content (AvgIpc) is 2.72. The second-order valence-corrected chi connectivity index (χ2v) is 4.56. The molecular weight excluding hydrogens is 303 g/mol. The van der Waals surface area contributed by atoms with Crippen LogP contribution in [0.3, 0.4) is 0 Å². The number of benzene rings is 1. The van der Waals surface area contributed by atoms with Crippen LogP contribution in [-0.4, -0.2) is 25.4 Å². The zero-order valence-electron chi connectivity index (χ0n) is 11.5. The molecule has 1 aromatic heterocycles. The highest BCUT2D eigenvalue weighted by Crippen LogP contribution is 2.18. The average molecular weight is 315 g/mol. The number of hydrogen-bond acceptors (Lipinski definition) is 3. The predicted molar refractivity (Wildman–Crippen MR) is 69.7 cm³/mol. The Morgan fingerprint density at radius 1 is 1.41 bits per heavy atom. The molecule has 0 spiro atoms. The van der Waals surface area contributed by atoms with Crippen molar-refractivity contribution in [3.8, 4) is 5.69 Å². The van der Waals surface area contributed by atoms with E-state index in [9.17, 15) is 22.8 Å². The van der Waals surface area contributed by atoms with Crippen molar-refractivity contribution in [2.75, 3.05) is 0 Å². The number of carbonyl (C=O) groups is 1. The molecule has 0 atom stereocenters. The second kappa shape index (κ2) is 6.04. The van der Waals surface area contributed by atoms with Gasteiger partial charge in [-0.05, 0) is 25.0 Å². The van der Waals surface area contributed by atoms with Crippen LogP contribution < -0.4 is 5.69 Å². The molecule has 6 nitrogen and oxygen atoms in total. The van der Waals surface area contributed by atoms with Crippen molar-refractivity contribution >= 4 is 5.97 Å². The molecule has 9 heteroatoms. The van der Waals surface area contributed by atoms with Gasteiger partial charge in [-0.15, -0.1) is 0 Å². The summed E-state index contributed by atoms with van der Waals surface area (Å²) in [6.07, 6.45) is -0.236. The fraction of sp³-hybridized carbons (Fsp3) is 0.308. The number of aryl methyl sites for hydroxylation is 2. The molecule has 0 saturated carbocycles. The van der Waals surface area contributed by atoms with E-state index >= 15 is 0 Å².